The normalized spacial score (nSPS) is 19.0. The summed E-state index contributed by atoms with van der Waals surface area (Å²) in [4.78, 5) is 29.7. The van der Waals surface area contributed by atoms with Gasteiger partial charge in [-0.3, -0.25) is 9.59 Å². The van der Waals surface area contributed by atoms with Gasteiger partial charge in [0.05, 0.1) is 18.7 Å². The number of carbonyl (C=O) groups excluding carboxylic acids is 2. The van der Waals surface area contributed by atoms with Crippen molar-refractivity contribution >= 4 is 17.5 Å². The maximum Gasteiger partial charge on any atom is 0.265 e. The molecule has 1 fully saturated rings. The van der Waals surface area contributed by atoms with Crippen molar-refractivity contribution in [1.29, 1.82) is 0 Å². The number of rotatable bonds is 3. The van der Waals surface area contributed by atoms with Crippen LogP contribution >= 0.6 is 0 Å². The first kappa shape index (κ1) is 18.5. The topological polar surface area (TPSA) is 49.9 Å². The standard InChI is InChI=1S/C23H26N2O3/c1-17-9-11-18(12-10-17)15-22(26)25-16-21(23(27)24-13-5-2-6-14-24)28-20-8-4-3-7-19(20)25/h3-4,7-12,21H,2,5-6,13-16H2,1H3/t21-/m0/s1. The molecule has 0 unspecified atom stereocenters. The number of nitrogens with zero attached hydrogens (tertiary/aromatic N) is 2. The Morgan fingerprint density at radius 1 is 1.00 bits per heavy atom. The van der Waals surface area contributed by atoms with Crippen molar-refractivity contribution in [3.63, 3.8) is 0 Å². The minimum Gasteiger partial charge on any atom is -0.476 e. The van der Waals surface area contributed by atoms with Crippen molar-refractivity contribution in [2.24, 2.45) is 0 Å². The summed E-state index contributed by atoms with van der Waals surface area (Å²) in [6, 6.07) is 15.5. The number of hydrogen-bond donors (Lipinski definition) is 0. The number of para-hydroxylation sites is 2. The minimum absolute atomic E-state index is 0.0117. The van der Waals surface area contributed by atoms with Gasteiger partial charge in [0.2, 0.25) is 5.91 Å². The highest BCUT2D eigenvalue weighted by atomic mass is 16.5. The van der Waals surface area contributed by atoms with Gasteiger partial charge in [-0.15, -0.1) is 0 Å². The molecule has 28 heavy (non-hydrogen) atoms. The van der Waals surface area contributed by atoms with Crippen LogP contribution in [0.2, 0.25) is 0 Å². The Morgan fingerprint density at radius 2 is 1.71 bits per heavy atom. The highest BCUT2D eigenvalue weighted by molar-refractivity contribution is 5.98. The molecule has 4 rings (SSSR count). The van der Waals surface area contributed by atoms with Crippen LogP contribution in [-0.2, 0) is 16.0 Å². The van der Waals surface area contributed by atoms with Gasteiger partial charge in [0.25, 0.3) is 5.91 Å². The molecule has 0 aromatic heterocycles. The second-order valence-electron chi connectivity index (χ2n) is 7.63. The number of fused-ring (bicyclic) bond motifs is 1. The fraction of sp³-hybridized carbons (Fsp3) is 0.391. The fourth-order valence-electron chi connectivity index (χ4n) is 3.89. The zero-order valence-electron chi connectivity index (χ0n) is 16.3. The molecule has 5 nitrogen and oxygen atoms in total. The van der Waals surface area contributed by atoms with E-state index in [9.17, 15) is 9.59 Å². The van der Waals surface area contributed by atoms with E-state index < -0.39 is 6.10 Å². The van der Waals surface area contributed by atoms with Crippen LogP contribution in [0.25, 0.3) is 0 Å². The minimum atomic E-state index is -0.644. The van der Waals surface area contributed by atoms with E-state index in [4.69, 9.17) is 4.74 Å². The van der Waals surface area contributed by atoms with Crippen LogP contribution < -0.4 is 9.64 Å². The van der Waals surface area contributed by atoms with Gasteiger partial charge in [0.1, 0.15) is 5.75 Å². The highest BCUT2D eigenvalue weighted by Gasteiger charge is 2.36. The smallest absolute Gasteiger partial charge is 0.265 e. The SMILES string of the molecule is Cc1ccc(CC(=O)N2C[C@@H](C(=O)N3CCCCC3)Oc3ccccc32)cc1. The Morgan fingerprint density at radius 3 is 2.46 bits per heavy atom. The molecule has 1 atom stereocenters. The Bertz CT molecular complexity index is 856. The summed E-state index contributed by atoms with van der Waals surface area (Å²) in [5, 5.41) is 0. The molecule has 0 bridgehead atoms. The summed E-state index contributed by atoms with van der Waals surface area (Å²) in [7, 11) is 0. The number of piperidine rings is 1. The van der Waals surface area contributed by atoms with Crippen LogP contribution in [-0.4, -0.2) is 42.5 Å². The van der Waals surface area contributed by atoms with Crippen molar-refractivity contribution in [3.05, 3.63) is 59.7 Å². The molecule has 5 heteroatoms. The Kier molecular flexibility index (Phi) is 5.33. The lowest BCUT2D eigenvalue weighted by atomic mass is 10.1. The zero-order valence-corrected chi connectivity index (χ0v) is 16.3. The van der Waals surface area contributed by atoms with E-state index >= 15 is 0 Å². The van der Waals surface area contributed by atoms with Crippen molar-refractivity contribution in [3.8, 4) is 5.75 Å². The lowest BCUT2D eigenvalue weighted by Crippen LogP contribution is -2.53. The van der Waals surface area contributed by atoms with Gasteiger partial charge in [-0.25, -0.2) is 0 Å². The third kappa shape index (κ3) is 3.88. The van der Waals surface area contributed by atoms with Crippen LogP contribution in [0.15, 0.2) is 48.5 Å². The molecule has 0 aliphatic carbocycles. The van der Waals surface area contributed by atoms with Crippen LogP contribution in [0.3, 0.4) is 0 Å². The van der Waals surface area contributed by atoms with Gasteiger partial charge in [-0.2, -0.15) is 0 Å². The van der Waals surface area contributed by atoms with E-state index in [0.717, 1.165) is 37.2 Å². The van der Waals surface area contributed by atoms with E-state index in [-0.39, 0.29) is 18.4 Å². The summed E-state index contributed by atoms with van der Waals surface area (Å²) in [6.45, 7) is 3.84. The molecule has 2 heterocycles. The number of amides is 2. The van der Waals surface area contributed by atoms with E-state index in [1.807, 2.05) is 60.4 Å². The van der Waals surface area contributed by atoms with Gasteiger partial charge in [-0.05, 0) is 43.9 Å². The lowest BCUT2D eigenvalue weighted by molar-refractivity contribution is -0.139. The second-order valence-corrected chi connectivity index (χ2v) is 7.63. The summed E-state index contributed by atoms with van der Waals surface area (Å²) in [5.41, 5.74) is 2.88. The maximum atomic E-state index is 13.1. The Labute approximate surface area is 165 Å². The summed E-state index contributed by atoms with van der Waals surface area (Å²) >= 11 is 0. The fourth-order valence-corrected chi connectivity index (χ4v) is 3.89. The molecule has 2 amide bonds. The van der Waals surface area contributed by atoms with Crippen LogP contribution in [0.4, 0.5) is 5.69 Å². The molecule has 2 aliphatic heterocycles. The van der Waals surface area contributed by atoms with E-state index in [2.05, 4.69) is 0 Å². The van der Waals surface area contributed by atoms with E-state index in [0.29, 0.717) is 12.2 Å². The first-order valence-electron chi connectivity index (χ1n) is 10.0. The third-order valence-corrected chi connectivity index (χ3v) is 5.49. The Balaban J connectivity index is 1.55. The van der Waals surface area contributed by atoms with Gasteiger partial charge in [0.15, 0.2) is 6.10 Å². The quantitative estimate of drug-likeness (QED) is 0.823. The monoisotopic (exact) mass is 378 g/mol. The van der Waals surface area contributed by atoms with E-state index in [1.165, 1.54) is 12.0 Å². The number of likely N-dealkylation sites (tertiary alicyclic amines) is 1. The number of anilines is 1. The first-order chi connectivity index (χ1) is 13.6. The molecule has 146 valence electrons. The van der Waals surface area contributed by atoms with E-state index in [1.54, 1.807) is 4.90 Å². The van der Waals surface area contributed by atoms with Crippen molar-refractivity contribution < 1.29 is 14.3 Å². The molecule has 0 radical (unpaired) electrons. The molecular weight excluding hydrogens is 352 g/mol. The number of ether oxygens (including phenoxy) is 1. The van der Waals surface area contributed by atoms with Gasteiger partial charge in [-0.1, -0.05) is 42.0 Å². The predicted octanol–water partition coefficient (Wildman–Crippen LogP) is 3.34. The average molecular weight is 378 g/mol. The van der Waals surface area contributed by atoms with Crippen LogP contribution in [0, 0.1) is 6.92 Å². The molecular formula is C23H26N2O3. The average Bonchev–Trinajstić information content (AvgIpc) is 2.74. The highest BCUT2D eigenvalue weighted by Crippen LogP contribution is 2.34. The largest absolute Gasteiger partial charge is 0.476 e. The van der Waals surface area contributed by atoms with Crippen LogP contribution in [0.5, 0.6) is 5.75 Å². The number of aryl methyl sites for hydroxylation is 1. The molecule has 2 aromatic rings. The number of benzene rings is 2. The zero-order chi connectivity index (χ0) is 19.5. The van der Waals surface area contributed by atoms with Crippen molar-refractivity contribution in [1.82, 2.24) is 4.90 Å². The number of carbonyl (C=O) groups is 2. The number of hydrogen-bond acceptors (Lipinski definition) is 3. The first-order valence-corrected chi connectivity index (χ1v) is 10.0. The molecule has 0 saturated carbocycles. The molecule has 0 spiro atoms. The van der Waals surface area contributed by atoms with Crippen molar-refractivity contribution in [2.45, 2.75) is 38.7 Å². The van der Waals surface area contributed by atoms with Crippen LogP contribution in [0.1, 0.15) is 30.4 Å². The molecule has 2 aromatic carbocycles. The van der Waals surface area contributed by atoms with Crippen molar-refractivity contribution in [2.75, 3.05) is 24.5 Å². The maximum absolute atomic E-state index is 13.1. The lowest BCUT2D eigenvalue weighted by Gasteiger charge is -2.37. The van der Waals surface area contributed by atoms with Gasteiger partial charge in [0, 0.05) is 13.1 Å². The second kappa shape index (κ2) is 8.05. The summed E-state index contributed by atoms with van der Waals surface area (Å²) < 4.78 is 6.01. The molecule has 1 saturated heterocycles. The van der Waals surface area contributed by atoms with Gasteiger partial charge >= 0.3 is 0 Å². The summed E-state index contributed by atoms with van der Waals surface area (Å²) in [5.74, 6) is 0.569. The summed E-state index contributed by atoms with van der Waals surface area (Å²) in [6.07, 6.45) is 2.89. The molecule has 2 aliphatic rings. The predicted molar refractivity (Wildman–Crippen MR) is 109 cm³/mol. The Hall–Kier alpha value is -2.82. The molecule has 0 N–H and O–H groups in total. The third-order valence-electron chi connectivity index (χ3n) is 5.49. The van der Waals surface area contributed by atoms with Gasteiger partial charge < -0.3 is 14.5 Å².